The van der Waals surface area contributed by atoms with E-state index in [1.54, 1.807) is 16.7 Å². The number of thioether (sulfide) groups is 1. The first-order valence-electron chi connectivity index (χ1n) is 5.35. The van der Waals surface area contributed by atoms with Crippen molar-refractivity contribution in [2.45, 2.75) is 5.16 Å². The molecule has 0 aliphatic carbocycles. The fraction of sp³-hybridized carbons (Fsp3) is 0.200. The normalized spacial score (nSPS) is 10.6. The Balaban J connectivity index is 2.11. The molecular formula is C10H9Cl2N5O2S. The van der Waals surface area contributed by atoms with E-state index < -0.39 is 11.9 Å². The van der Waals surface area contributed by atoms with Crippen molar-refractivity contribution >= 4 is 52.5 Å². The molecule has 0 unspecified atom stereocenters. The fourth-order valence-electron chi connectivity index (χ4n) is 1.36. The van der Waals surface area contributed by atoms with Gasteiger partial charge in [-0.3, -0.25) is 14.5 Å². The number of rotatable bonds is 3. The molecule has 2 heterocycles. The number of halogens is 2. The van der Waals surface area contributed by atoms with Crippen molar-refractivity contribution in [3.05, 3.63) is 22.3 Å². The van der Waals surface area contributed by atoms with Crippen LogP contribution in [0, 0.1) is 0 Å². The molecular weight excluding hydrogens is 325 g/mol. The zero-order valence-corrected chi connectivity index (χ0v) is 12.5. The second-order valence-electron chi connectivity index (χ2n) is 3.60. The minimum atomic E-state index is -0.562. The minimum Gasteiger partial charge on any atom is -0.341 e. The van der Waals surface area contributed by atoms with Gasteiger partial charge in [0.1, 0.15) is 0 Å². The van der Waals surface area contributed by atoms with Gasteiger partial charge in [-0.2, -0.15) is 0 Å². The number of nitrogens with one attached hydrogen (secondary N) is 2. The summed E-state index contributed by atoms with van der Waals surface area (Å²) in [5.74, 6) is -0.433. The number of fused-ring (bicyclic) bond motifs is 1. The molecule has 0 radical (unpaired) electrons. The molecule has 0 saturated carbocycles. The van der Waals surface area contributed by atoms with Crippen LogP contribution in [0.3, 0.4) is 0 Å². The SMILES string of the molecule is CNC(=O)NC(=O)CSc1nnc2c(Cl)cc(Cl)cn12. The van der Waals surface area contributed by atoms with Gasteiger partial charge in [0.25, 0.3) is 0 Å². The monoisotopic (exact) mass is 333 g/mol. The summed E-state index contributed by atoms with van der Waals surface area (Å²) in [6.45, 7) is 0. The van der Waals surface area contributed by atoms with E-state index >= 15 is 0 Å². The number of pyridine rings is 1. The molecule has 0 saturated heterocycles. The predicted molar refractivity (Wildman–Crippen MR) is 76.3 cm³/mol. The van der Waals surface area contributed by atoms with E-state index in [9.17, 15) is 9.59 Å². The van der Waals surface area contributed by atoms with Gasteiger partial charge in [0.15, 0.2) is 10.8 Å². The van der Waals surface area contributed by atoms with E-state index in [-0.39, 0.29) is 5.75 Å². The Morgan fingerprint density at radius 1 is 1.40 bits per heavy atom. The molecule has 0 bridgehead atoms. The Hall–Kier alpha value is -1.51. The molecule has 10 heteroatoms. The maximum absolute atomic E-state index is 11.5. The fourth-order valence-corrected chi connectivity index (χ4v) is 2.57. The highest BCUT2D eigenvalue weighted by molar-refractivity contribution is 7.99. The molecule has 106 valence electrons. The summed E-state index contributed by atoms with van der Waals surface area (Å²) in [6.07, 6.45) is 1.60. The molecule has 3 amide bonds. The Morgan fingerprint density at radius 2 is 2.15 bits per heavy atom. The first-order valence-corrected chi connectivity index (χ1v) is 7.09. The van der Waals surface area contributed by atoms with Crippen LogP contribution < -0.4 is 10.6 Å². The lowest BCUT2D eigenvalue weighted by molar-refractivity contribution is -0.117. The zero-order valence-electron chi connectivity index (χ0n) is 10.2. The number of amides is 3. The maximum atomic E-state index is 11.5. The maximum Gasteiger partial charge on any atom is 0.321 e. The zero-order chi connectivity index (χ0) is 14.7. The molecule has 0 spiro atoms. The van der Waals surface area contributed by atoms with E-state index in [4.69, 9.17) is 23.2 Å². The molecule has 2 aromatic heterocycles. The van der Waals surface area contributed by atoms with Crippen LogP contribution in [0.15, 0.2) is 17.4 Å². The second-order valence-corrected chi connectivity index (χ2v) is 5.38. The number of carbonyl (C=O) groups excluding carboxylic acids is 2. The molecule has 0 aliphatic heterocycles. The van der Waals surface area contributed by atoms with E-state index in [0.717, 1.165) is 11.8 Å². The van der Waals surface area contributed by atoms with Gasteiger partial charge < -0.3 is 5.32 Å². The molecule has 0 aliphatic rings. The molecule has 0 fully saturated rings. The Morgan fingerprint density at radius 3 is 2.85 bits per heavy atom. The van der Waals surface area contributed by atoms with Gasteiger partial charge in [0.05, 0.1) is 15.8 Å². The quantitative estimate of drug-likeness (QED) is 0.832. The third-order valence-electron chi connectivity index (χ3n) is 2.21. The lowest BCUT2D eigenvalue weighted by Crippen LogP contribution is -2.38. The summed E-state index contributed by atoms with van der Waals surface area (Å²) in [6, 6.07) is 0.993. The Bertz CT molecular complexity index is 675. The van der Waals surface area contributed by atoms with Gasteiger partial charge in [0.2, 0.25) is 5.91 Å². The molecule has 0 atom stereocenters. The van der Waals surface area contributed by atoms with Crippen molar-refractivity contribution in [1.82, 2.24) is 25.2 Å². The summed E-state index contributed by atoms with van der Waals surface area (Å²) in [5, 5.41) is 13.5. The van der Waals surface area contributed by atoms with E-state index in [0.29, 0.717) is 20.8 Å². The van der Waals surface area contributed by atoms with Crippen molar-refractivity contribution in [2.75, 3.05) is 12.8 Å². The van der Waals surface area contributed by atoms with E-state index in [1.165, 1.54) is 7.05 Å². The minimum absolute atomic E-state index is 0.0122. The van der Waals surface area contributed by atoms with Crippen molar-refractivity contribution < 1.29 is 9.59 Å². The molecule has 2 N–H and O–H groups in total. The van der Waals surface area contributed by atoms with Crippen LogP contribution in [0.4, 0.5) is 4.79 Å². The van der Waals surface area contributed by atoms with Crippen LogP contribution in [0.1, 0.15) is 0 Å². The second kappa shape index (κ2) is 6.29. The Labute approximate surface area is 128 Å². The smallest absolute Gasteiger partial charge is 0.321 e. The topological polar surface area (TPSA) is 88.4 Å². The number of imide groups is 1. The van der Waals surface area contributed by atoms with Crippen LogP contribution in [-0.4, -0.2) is 39.3 Å². The van der Waals surface area contributed by atoms with Crippen molar-refractivity contribution in [2.24, 2.45) is 0 Å². The molecule has 2 aromatic rings. The third kappa shape index (κ3) is 3.33. The highest BCUT2D eigenvalue weighted by Crippen LogP contribution is 2.25. The highest BCUT2D eigenvalue weighted by Gasteiger charge is 2.13. The van der Waals surface area contributed by atoms with E-state index in [2.05, 4.69) is 20.8 Å². The first kappa shape index (κ1) is 14.9. The molecule has 7 nitrogen and oxygen atoms in total. The van der Waals surface area contributed by atoms with Gasteiger partial charge in [0, 0.05) is 13.2 Å². The van der Waals surface area contributed by atoms with Gasteiger partial charge in [-0.05, 0) is 6.07 Å². The summed E-state index contributed by atoms with van der Waals surface area (Å²) in [4.78, 5) is 22.4. The number of hydrogen-bond donors (Lipinski definition) is 2. The third-order valence-corrected chi connectivity index (χ3v) is 3.64. The standard InChI is InChI=1S/C10H9Cl2N5O2S/c1-13-9(19)14-7(18)4-20-10-16-15-8-6(12)2-5(11)3-17(8)10/h2-3H,4H2,1H3,(H2,13,14,18,19). The van der Waals surface area contributed by atoms with Gasteiger partial charge in [-0.1, -0.05) is 35.0 Å². The summed E-state index contributed by atoms with van der Waals surface area (Å²) in [7, 11) is 1.42. The summed E-state index contributed by atoms with van der Waals surface area (Å²) >= 11 is 13.0. The van der Waals surface area contributed by atoms with Crippen LogP contribution in [0.2, 0.25) is 10.0 Å². The number of aromatic nitrogens is 3. The molecule has 20 heavy (non-hydrogen) atoms. The number of nitrogens with zero attached hydrogens (tertiary/aromatic N) is 3. The van der Waals surface area contributed by atoms with Gasteiger partial charge in [-0.25, -0.2) is 4.79 Å². The number of carbonyl (C=O) groups is 2. The van der Waals surface area contributed by atoms with Crippen molar-refractivity contribution in [1.29, 1.82) is 0 Å². The lowest BCUT2D eigenvalue weighted by Gasteiger charge is -2.03. The van der Waals surface area contributed by atoms with Crippen LogP contribution >= 0.6 is 35.0 Å². The molecule has 2 rings (SSSR count). The van der Waals surface area contributed by atoms with Crippen molar-refractivity contribution in [3.8, 4) is 0 Å². The average Bonchev–Trinajstić information content (AvgIpc) is 2.79. The molecule has 0 aromatic carbocycles. The van der Waals surface area contributed by atoms with Gasteiger partial charge >= 0.3 is 6.03 Å². The lowest BCUT2D eigenvalue weighted by atomic mass is 10.5. The number of hydrogen-bond acceptors (Lipinski definition) is 5. The Kier molecular flexibility index (Phi) is 4.69. The summed E-state index contributed by atoms with van der Waals surface area (Å²) in [5.41, 5.74) is 0.449. The number of urea groups is 1. The largest absolute Gasteiger partial charge is 0.341 e. The summed E-state index contributed by atoms with van der Waals surface area (Å²) < 4.78 is 1.59. The van der Waals surface area contributed by atoms with E-state index in [1.807, 2.05) is 0 Å². The van der Waals surface area contributed by atoms with Crippen LogP contribution in [-0.2, 0) is 4.79 Å². The van der Waals surface area contributed by atoms with Crippen LogP contribution in [0.25, 0.3) is 5.65 Å². The predicted octanol–water partition coefficient (Wildman–Crippen LogP) is 1.58. The highest BCUT2D eigenvalue weighted by atomic mass is 35.5. The van der Waals surface area contributed by atoms with Gasteiger partial charge in [-0.15, -0.1) is 10.2 Å². The average molecular weight is 334 g/mol. The van der Waals surface area contributed by atoms with Crippen molar-refractivity contribution in [3.63, 3.8) is 0 Å². The first-order chi connectivity index (χ1) is 9.51. The van der Waals surface area contributed by atoms with Crippen LogP contribution in [0.5, 0.6) is 0 Å².